The van der Waals surface area contributed by atoms with Gasteiger partial charge in [0.15, 0.2) is 5.11 Å². The lowest BCUT2D eigenvalue weighted by Crippen LogP contribution is -2.46. The summed E-state index contributed by atoms with van der Waals surface area (Å²) in [5.41, 5.74) is 2.77. The molecule has 1 aliphatic rings. The summed E-state index contributed by atoms with van der Waals surface area (Å²) in [6.07, 6.45) is 0.409. The average molecular weight is 391 g/mol. The molecule has 0 aliphatic carbocycles. The third kappa shape index (κ3) is 5.05. The van der Waals surface area contributed by atoms with Crippen LogP contribution in [0.4, 0.5) is 5.69 Å². The Morgan fingerprint density at radius 3 is 2.52 bits per heavy atom. The molecule has 0 aromatic heterocycles. The van der Waals surface area contributed by atoms with Crippen LogP contribution in [-0.4, -0.2) is 49.3 Å². The highest BCUT2D eigenvalue weighted by Gasteiger charge is 2.33. The first kappa shape index (κ1) is 20.9. The first-order valence-corrected chi connectivity index (χ1v) is 9.10. The van der Waals surface area contributed by atoms with E-state index in [4.69, 9.17) is 21.7 Å². The highest BCUT2D eigenvalue weighted by Crippen LogP contribution is 2.31. The number of nitrogens with zero attached hydrogens (tertiary/aromatic N) is 1. The molecule has 1 heterocycles. The molecule has 27 heavy (non-hydrogen) atoms. The number of amides is 1. The molecular formula is C19H25N3O4S. The van der Waals surface area contributed by atoms with Crippen LogP contribution in [0, 0.1) is 0 Å². The summed E-state index contributed by atoms with van der Waals surface area (Å²) in [6.45, 7) is 4.14. The molecule has 1 atom stereocenters. The molecule has 8 heteroatoms. The normalized spacial score (nSPS) is 16.8. The predicted octanol–water partition coefficient (Wildman–Crippen LogP) is 2.36. The van der Waals surface area contributed by atoms with E-state index in [2.05, 4.69) is 10.6 Å². The van der Waals surface area contributed by atoms with Gasteiger partial charge in [0, 0.05) is 32.0 Å². The van der Waals surface area contributed by atoms with Crippen molar-refractivity contribution >= 4 is 34.9 Å². The van der Waals surface area contributed by atoms with Crippen LogP contribution < -0.4 is 10.6 Å². The lowest BCUT2D eigenvalue weighted by atomic mass is 9.95. The Bertz CT molecular complexity index is 746. The van der Waals surface area contributed by atoms with E-state index in [9.17, 15) is 9.59 Å². The van der Waals surface area contributed by atoms with Gasteiger partial charge in [0.2, 0.25) is 5.91 Å². The summed E-state index contributed by atoms with van der Waals surface area (Å²) in [5, 5.41) is 6.51. The van der Waals surface area contributed by atoms with Crippen LogP contribution in [0.1, 0.15) is 31.9 Å². The summed E-state index contributed by atoms with van der Waals surface area (Å²) < 4.78 is 10.3. The first-order valence-electron chi connectivity index (χ1n) is 8.69. The molecule has 0 saturated heterocycles. The summed E-state index contributed by atoms with van der Waals surface area (Å²) in [5.74, 6) is -0.473. The fraction of sp³-hybridized carbons (Fsp3) is 0.421. The maximum absolute atomic E-state index is 12.7. The summed E-state index contributed by atoms with van der Waals surface area (Å²) in [7, 11) is 3.35. The van der Waals surface area contributed by atoms with Gasteiger partial charge in [-0.2, -0.15) is 0 Å². The van der Waals surface area contributed by atoms with E-state index >= 15 is 0 Å². The number of benzene rings is 1. The molecule has 1 aliphatic heterocycles. The Kier molecular flexibility index (Phi) is 7.32. The Morgan fingerprint density at radius 2 is 1.93 bits per heavy atom. The van der Waals surface area contributed by atoms with E-state index in [1.165, 1.54) is 0 Å². The van der Waals surface area contributed by atoms with E-state index in [-0.39, 0.29) is 12.5 Å². The van der Waals surface area contributed by atoms with Crippen molar-refractivity contribution in [1.29, 1.82) is 0 Å². The smallest absolute Gasteiger partial charge is 0.338 e. The van der Waals surface area contributed by atoms with Crippen molar-refractivity contribution < 1.29 is 19.1 Å². The first-order chi connectivity index (χ1) is 12.9. The monoisotopic (exact) mass is 391 g/mol. The van der Waals surface area contributed by atoms with Crippen molar-refractivity contribution in [2.45, 2.75) is 26.3 Å². The van der Waals surface area contributed by atoms with Crippen molar-refractivity contribution in [3.63, 3.8) is 0 Å². The van der Waals surface area contributed by atoms with Crippen LogP contribution in [0.2, 0.25) is 0 Å². The number of methoxy groups -OCH3 is 1. The van der Waals surface area contributed by atoms with E-state index in [1.807, 2.05) is 19.1 Å². The van der Waals surface area contributed by atoms with Crippen LogP contribution in [-0.2, 0) is 19.1 Å². The molecule has 0 radical (unpaired) electrons. The number of anilines is 1. The maximum atomic E-state index is 12.7. The van der Waals surface area contributed by atoms with Gasteiger partial charge in [0.1, 0.15) is 6.61 Å². The van der Waals surface area contributed by atoms with Crippen LogP contribution in [0.15, 0.2) is 35.5 Å². The third-order valence-corrected chi connectivity index (χ3v) is 4.74. The SMILES string of the molecule is CCC(=O)Nc1ccc([C@H]2NC(=S)N(C)C(C)=C2C(=O)OCCOC)cc1. The number of allylic oxidation sites excluding steroid dienone is 1. The average Bonchev–Trinajstić information content (AvgIpc) is 2.66. The molecule has 0 fully saturated rings. The number of carbonyl (C=O) groups excluding carboxylic acids is 2. The highest BCUT2D eigenvalue weighted by molar-refractivity contribution is 7.80. The Balaban J connectivity index is 2.29. The number of carbonyl (C=O) groups is 2. The predicted molar refractivity (Wildman–Crippen MR) is 107 cm³/mol. The number of thiocarbonyl (C=S) groups is 1. The quantitative estimate of drug-likeness (QED) is 0.420. The van der Waals surface area contributed by atoms with E-state index in [0.29, 0.717) is 29.4 Å². The lowest BCUT2D eigenvalue weighted by molar-refractivity contribution is -0.140. The van der Waals surface area contributed by atoms with Gasteiger partial charge in [0.05, 0.1) is 18.2 Å². The van der Waals surface area contributed by atoms with Crippen LogP contribution >= 0.6 is 12.2 Å². The molecule has 0 unspecified atom stereocenters. The van der Waals surface area contributed by atoms with E-state index in [0.717, 1.165) is 11.3 Å². The van der Waals surface area contributed by atoms with E-state index < -0.39 is 12.0 Å². The number of hydrogen-bond donors (Lipinski definition) is 2. The van der Waals surface area contributed by atoms with Gasteiger partial charge < -0.3 is 25.0 Å². The number of esters is 1. The van der Waals surface area contributed by atoms with Crippen molar-refractivity contribution in [2.24, 2.45) is 0 Å². The molecule has 2 rings (SSSR count). The molecule has 0 spiro atoms. The van der Waals surface area contributed by atoms with Crippen LogP contribution in [0.5, 0.6) is 0 Å². The zero-order valence-corrected chi connectivity index (χ0v) is 16.8. The standard InChI is InChI=1S/C19H25N3O4S/c1-5-15(23)20-14-8-6-13(7-9-14)17-16(18(24)26-11-10-25-4)12(2)22(3)19(27)21-17/h6-9,17H,5,10-11H2,1-4H3,(H,20,23)(H,21,27)/t17-/m1/s1. The van der Waals surface area contributed by atoms with Gasteiger partial charge in [-0.3, -0.25) is 4.79 Å². The molecule has 1 aromatic rings. The minimum absolute atomic E-state index is 0.0560. The van der Waals surface area contributed by atoms with Crippen molar-refractivity contribution in [3.05, 3.63) is 41.1 Å². The van der Waals surface area contributed by atoms with Crippen molar-refractivity contribution in [2.75, 3.05) is 32.7 Å². The summed E-state index contributed by atoms with van der Waals surface area (Å²) >= 11 is 5.38. The third-order valence-electron chi connectivity index (χ3n) is 4.34. The fourth-order valence-electron chi connectivity index (χ4n) is 2.65. The van der Waals surface area contributed by atoms with Gasteiger partial charge in [-0.15, -0.1) is 0 Å². The van der Waals surface area contributed by atoms with Gasteiger partial charge >= 0.3 is 5.97 Å². The molecule has 146 valence electrons. The molecule has 1 amide bonds. The van der Waals surface area contributed by atoms with Gasteiger partial charge in [-0.05, 0) is 36.8 Å². The lowest BCUT2D eigenvalue weighted by Gasteiger charge is -2.35. The van der Waals surface area contributed by atoms with Crippen LogP contribution in [0.3, 0.4) is 0 Å². The second-order valence-electron chi connectivity index (χ2n) is 6.09. The van der Waals surface area contributed by atoms with Gasteiger partial charge in [0.25, 0.3) is 0 Å². The molecule has 7 nitrogen and oxygen atoms in total. The number of rotatable bonds is 7. The largest absolute Gasteiger partial charge is 0.460 e. The second kappa shape index (κ2) is 9.48. The minimum atomic E-state index is -0.431. The molecule has 0 bridgehead atoms. The number of hydrogen-bond acceptors (Lipinski definition) is 5. The van der Waals surface area contributed by atoms with Crippen molar-refractivity contribution in [1.82, 2.24) is 10.2 Å². The Morgan fingerprint density at radius 1 is 1.26 bits per heavy atom. The van der Waals surface area contributed by atoms with Crippen molar-refractivity contribution in [3.8, 4) is 0 Å². The Labute approximate surface area is 164 Å². The molecular weight excluding hydrogens is 366 g/mol. The minimum Gasteiger partial charge on any atom is -0.460 e. The highest BCUT2D eigenvalue weighted by atomic mass is 32.1. The molecule has 1 aromatic carbocycles. The topological polar surface area (TPSA) is 79.9 Å². The molecule has 0 saturated carbocycles. The number of ether oxygens (including phenoxy) is 2. The summed E-state index contributed by atoms with van der Waals surface area (Å²) in [4.78, 5) is 25.9. The number of nitrogens with one attached hydrogen (secondary N) is 2. The molecule has 2 N–H and O–H groups in total. The zero-order valence-electron chi connectivity index (χ0n) is 16.0. The van der Waals surface area contributed by atoms with Crippen LogP contribution in [0.25, 0.3) is 0 Å². The second-order valence-corrected chi connectivity index (χ2v) is 6.48. The van der Waals surface area contributed by atoms with E-state index in [1.54, 1.807) is 38.1 Å². The van der Waals surface area contributed by atoms with Gasteiger partial charge in [-0.1, -0.05) is 19.1 Å². The maximum Gasteiger partial charge on any atom is 0.338 e. The van der Waals surface area contributed by atoms with Gasteiger partial charge in [-0.25, -0.2) is 4.79 Å². The summed E-state index contributed by atoms with van der Waals surface area (Å²) in [6, 6.07) is 6.88. The Hall–Kier alpha value is -2.45. The fourth-order valence-corrected chi connectivity index (χ4v) is 2.91. The zero-order chi connectivity index (χ0) is 20.0.